The van der Waals surface area contributed by atoms with Crippen LogP contribution < -0.4 is 4.74 Å². The number of carboxylic acids is 1. The Kier molecular flexibility index (Phi) is 3.81. The Bertz CT molecular complexity index is 854. The van der Waals surface area contributed by atoms with E-state index in [0.29, 0.717) is 27.7 Å². The van der Waals surface area contributed by atoms with Crippen molar-refractivity contribution in [1.82, 2.24) is 4.98 Å². The molecular weight excluding hydrogens is 298 g/mol. The second-order valence-electron chi connectivity index (χ2n) is 4.82. The zero-order chi connectivity index (χ0) is 15.7. The number of aromatic nitrogens is 1. The molecule has 0 unspecified atom stereocenters. The minimum absolute atomic E-state index is 0.299. The maximum atomic E-state index is 11.4. The Morgan fingerprint density at radius 3 is 2.68 bits per heavy atom. The molecule has 5 heteroatoms. The van der Waals surface area contributed by atoms with E-state index in [0.717, 1.165) is 16.3 Å². The van der Waals surface area contributed by atoms with Gasteiger partial charge in [-0.15, -0.1) is 11.3 Å². The number of ether oxygens (including phenoxy) is 1. The maximum absolute atomic E-state index is 11.4. The van der Waals surface area contributed by atoms with Crippen molar-refractivity contribution in [1.29, 1.82) is 0 Å². The lowest BCUT2D eigenvalue weighted by Gasteiger charge is -2.09. The molecule has 0 aliphatic rings. The van der Waals surface area contributed by atoms with Crippen LogP contribution in [0.1, 0.15) is 22.3 Å². The molecule has 22 heavy (non-hydrogen) atoms. The van der Waals surface area contributed by atoms with E-state index in [-0.39, 0.29) is 0 Å². The number of thiazole rings is 1. The van der Waals surface area contributed by atoms with Crippen LogP contribution >= 0.6 is 11.3 Å². The van der Waals surface area contributed by atoms with Crippen molar-refractivity contribution in [2.75, 3.05) is 7.11 Å². The predicted octanol–water partition coefficient (Wildman–Crippen LogP) is 4.23. The third-order valence-corrected chi connectivity index (χ3v) is 4.65. The van der Waals surface area contributed by atoms with Crippen molar-refractivity contribution in [3.05, 3.63) is 47.0 Å². The van der Waals surface area contributed by atoms with Crippen LogP contribution in [0.25, 0.3) is 21.3 Å². The number of rotatable bonds is 4. The van der Waals surface area contributed by atoms with Crippen LogP contribution in [-0.2, 0) is 6.42 Å². The number of fused-ring (bicyclic) bond motifs is 1. The Hall–Kier alpha value is -2.40. The van der Waals surface area contributed by atoms with Gasteiger partial charge in [0, 0.05) is 0 Å². The first-order valence-corrected chi connectivity index (χ1v) is 7.76. The fourth-order valence-corrected chi connectivity index (χ4v) is 3.56. The van der Waals surface area contributed by atoms with Gasteiger partial charge in [0.15, 0.2) is 0 Å². The zero-order valence-electron chi connectivity index (χ0n) is 12.3. The number of hydrogen-bond acceptors (Lipinski definition) is 4. The smallest absolute Gasteiger partial charge is 0.347 e. The molecule has 4 nitrogen and oxygen atoms in total. The summed E-state index contributed by atoms with van der Waals surface area (Å²) in [6.45, 7) is 1.91. The number of carboxylic acid groups (broad SMARTS) is 1. The highest BCUT2D eigenvalue weighted by atomic mass is 32.1. The Morgan fingerprint density at radius 2 is 2.05 bits per heavy atom. The summed E-state index contributed by atoms with van der Waals surface area (Å²) in [5.41, 5.74) is 1.47. The van der Waals surface area contributed by atoms with Gasteiger partial charge in [-0.3, -0.25) is 0 Å². The summed E-state index contributed by atoms with van der Waals surface area (Å²) < 4.78 is 5.47. The molecule has 3 aromatic rings. The van der Waals surface area contributed by atoms with Gasteiger partial charge in [-0.1, -0.05) is 37.3 Å². The molecule has 3 rings (SSSR count). The molecule has 0 fully saturated rings. The van der Waals surface area contributed by atoms with E-state index in [1.54, 1.807) is 7.11 Å². The SMILES string of the molecule is CCc1nc(-c2c(OC)ccc3ccccc23)sc1C(=O)O. The molecule has 0 amide bonds. The highest BCUT2D eigenvalue weighted by Crippen LogP contribution is 2.40. The summed E-state index contributed by atoms with van der Waals surface area (Å²) in [5.74, 6) is -0.230. The molecule has 1 aromatic heterocycles. The molecule has 2 aromatic carbocycles. The fraction of sp³-hybridized carbons (Fsp3) is 0.176. The van der Waals surface area contributed by atoms with Crippen molar-refractivity contribution < 1.29 is 14.6 Å². The van der Waals surface area contributed by atoms with Crippen LogP contribution in [0.4, 0.5) is 0 Å². The zero-order valence-corrected chi connectivity index (χ0v) is 13.1. The van der Waals surface area contributed by atoms with Gasteiger partial charge in [-0.05, 0) is 23.3 Å². The molecule has 0 atom stereocenters. The van der Waals surface area contributed by atoms with E-state index in [4.69, 9.17) is 4.74 Å². The van der Waals surface area contributed by atoms with Crippen LogP contribution in [0.2, 0.25) is 0 Å². The molecule has 0 aliphatic carbocycles. The molecule has 0 radical (unpaired) electrons. The van der Waals surface area contributed by atoms with Crippen molar-refractivity contribution >= 4 is 28.1 Å². The van der Waals surface area contributed by atoms with Gasteiger partial charge >= 0.3 is 5.97 Å². The van der Waals surface area contributed by atoms with Crippen molar-refractivity contribution in [3.63, 3.8) is 0 Å². The van der Waals surface area contributed by atoms with Gasteiger partial charge in [0.25, 0.3) is 0 Å². The second-order valence-corrected chi connectivity index (χ2v) is 5.82. The number of hydrogen-bond donors (Lipinski definition) is 1. The minimum Gasteiger partial charge on any atom is -0.496 e. The molecular formula is C17H15NO3S. The Morgan fingerprint density at radius 1 is 1.27 bits per heavy atom. The third kappa shape index (κ3) is 2.33. The maximum Gasteiger partial charge on any atom is 0.347 e. The molecule has 0 aliphatic heterocycles. The number of methoxy groups -OCH3 is 1. The Balaban J connectivity index is 2.31. The highest BCUT2D eigenvalue weighted by Gasteiger charge is 2.20. The molecule has 0 spiro atoms. The molecule has 112 valence electrons. The van der Waals surface area contributed by atoms with Crippen LogP contribution in [-0.4, -0.2) is 23.2 Å². The molecule has 1 N–H and O–H groups in total. The lowest BCUT2D eigenvalue weighted by molar-refractivity contribution is 0.0701. The van der Waals surface area contributed by atoms with Crippen LogP contribution in [0.5, 0.6) is 5.75 Å². The van der Waals surface area contributed by atoms with E-state index in [9.17, 15) is 9.90 Å². The van der Waals surface area contributed by atoms with E-state index in [2.05, 4.69) is 4.98 Å². The largest absolute Gasteiger partial charge is 0.496 e. The van der Waals surface area contributed by atoms with Gasteiger partial charge in [-0.25, -0.2) is 9.78 Å². The van der Waals surface area contributed by atoms with Gasteiger partial charge in [0.05, 0.1) is 18.4 Å². The second kappa shape index (κ2) is 5.77. The molecule has 0 saturated carbocycles. The van der Waals surface area contributed by atoms with Gasteiger partial charge in [-0.2, -0.15) is 0 Å². The molecule has 0 saturated heterocycles. The summed E-state index contributed by atoms with van der Waals surface area (Å²) in [7, 11) is 1.61. The summed E-state index contributed by atoms with van der Waals surface area (Å²) in [6, 6.07) is 11.8. The number of aryl methyl sites for hydroxylation is 1. The van der Waals surface area contributed by atoms with Crippen LogP contribution in [0, 0.1) is 0 Å². The topological polar surface area (TPSA) is 59.4 Å². The van der Waals surface area contributed by atoms with E-state index >= 15 is 0 Å². The lowest BCUT2D eigenvalue weighted by atomic mass is 10.0. The van der Waals surface area contributed by atoms with Crippen LogP contribution in [0.3, 0.4) is 0 Å². The predicted molar refractivity (Wildman–Crippen MR) is 87.9 cm³/mol. The van der Waals surface area contributed by atoms with Gasteiger partial charge < -0.3 is 9.84 Å². The van der Waals surface area contributed by atoms with E-state index < -0.39 is 5.97 Å². The average molecular weight is 313 g/mol. The first-order valence-electron chi connectivity index (χ1n) is 6.94. The van der Waals surface area contributed by atoms with Crippen molar-refractivity contribution in [3.8, 4) is 16.3 Å². The molecule has 0 bridgehead atoms. The summed E-state index contributed by atoms with van der Waals surface area (Å²) in [4.78, 5) is 16.2. The quantitative estimate of drug-likeness (QED) is 0.783. The van der Waals surface area contributed by atoms with E-state index in [1.807, 2.05) is 43.3 Å². The van der Waals surface area contributed by atoms with Crippen LogP contribution in [0.15, 0.2) is 36.4 Å². The van der Waals surface area contributed by atoms with Crippen molar-refractivity contribution in [2.45, 2.75) is 13.3 Å². The standard InChI is InChI=1S/C17H15NO3S/c1-3-12-15(17(19)20)22-16(18-12)14-11-7-5-4-6-10(11)8-9-13(14)21-2/h4-9H,3H2,1-2H3,(H,19,20). The summed E-state index contributed by atoms with van der Waals surface area (Å²) in [6.07, 6.45) is 0.589. The minimum atomic E-state index is -0.931. The van der Waals surface area contributed by atoms with Crippen molar-refractivity contribution in [2.24, 2.45) is 0 Å². The monoisotopic (exact) mass is 313 g/mol. The average Bonchev–Trinajstić information content (AvgIpc) is 2.97. The first kappa shape index (κ1) is 14.5. The summed E-state index contributed by atoms with van der Waals surface area (Å²) >= 11 is 1.20. The third-order valence-electron chi connectivity index (χ3n) is 3.55. The molecule has 1 heterocycles. The first-order chi connectivity index (χ1) is 10.7. The van der Waals surface area contributed by atoms with E-state index in [1.165, 1.54) is 11.3 Å². The number of carbonyl (C=O) groups is 1. The highest BCUT2D eigenvalue weighted by molar-refractivity contribution is 7.17. The lowest BCUT2D eigenvalue weighted by Crippen LogP contribution is -1.97. The van der Waals surface area contributed by atoms with Gasteiger partial charge in [0.1, 0.15) is 15.6 Å². The number of nitrogens with zero attached hydrogens (tertiary/aromatic N) is 1. The fourth-order valence-electron chi connectivity index (χ4n) is 2.51. The van der Waals surface area contributed by atoms with Gasteiger partial charge in [0.2, 0.25) is 0 Å². The normalized spacial score (nSPS) is 10.8. The summed E-state index contributed by atoms with van der Waals surface area (Å²) in [5, 5.41) is 12.1. The number of aromatic carboxylic acids is 1. The number of benzene rings is 2. The Labute approximate surface area is 132 Å².